The number of hydrogen-bond acceptors (Lipinski definition) is 3. The third kappa shape index (κ3) is 2.25. The van der Waals surface area contributed by atoms with Crippen LogP contribution >= 0.6 is 11.6 Å². The van der Waals surface area contributed by atoms with E-state index >= 15 is 0 Å². The summed E-state index contributed by atoms with van der Waals surface area (Å²) >= 11 is 6.01. The average molecular weight is 291 g/mol. The minimum atomic E-state index is 0.365. The second-order valence-corrected chi connectivity index (χ2v) is 4.85. The van der Waals surface area contributed by atoms with Crippen molar-refractivity contribution in [2.24, 2.45) is 7.05 Å². The SMILES string of the molecule is COc1ccc2nc(CCl)n(Cc3ccn(C)n3)c2c1. The largest absolute Gasteiger partial charge is 0.497 e. The number of imidazole rings is 1. The summed E-state index contributed by atoms with van der Waals surface area (Å²) in [6.45, 7) is 0.645. The standard InChI is InChI=1S/C14H15ClN4O/c1-18-6-5-10(17-18)9-19-13-7-11(20-2)3-4-12(13)16-14(19)8-15/h3-7H,8-9H2,1-2H3. The molecule has 2 aromatic heterocycles. The van der Waals surface area contributed by atoms with Gasteiger partial charge in [0, 0.05) is 19.3 Å². The quantitative estimate of drug-likeness (QED) is 0.694. The normalized spacial score (nSPS) is 11.2. The lowest BCUT2D eigenvalue weighted by molar-refractivity contribution is 0.415. The molecular weight excluding hydrogens is 276 g/mol. The van der Waals surface area contributed by atoms with Crippen LogP contribution in [-0.4, -0.2) is 26.4 Å². The third-order valence-corrected chi connectivity index (χ3v) is 3.48. The molecular formula is C14H15ClN4O. The van der Waals surface area contributed by atoms with Gasteiger partial charge in [0.1, 0.15) is 11.6 Å². The average Bonchev–Trinajstić information content (AvgIpc) is 3.03. The van der Waals surface area contributed by atoms with E-state index in [1.165, 1.54) is 0 Å². The molecule has 20 heavy (non-hydrogen) atoms. The first-order valence-corrected chi connectivity index (χ1v) is 6.82. The van der Waals surface area contributed by atoms with E-state index in [-0.39, 0.29) is 0 Å². The van der Waals surface area contributed by atoms with Gasteiger partial charge in [-0.15, -0.1) is 11.6 Å². The van der Waals surface area contributed by atoms with E-state index in [0.717, 1.165) is 28.3 Å². The van der Waals surface area contributed by atoms with E-state index in [0.29, 0.717) is 12.4 Å². The lowest BCUT2D eigenvalue weighted by atomic mass is 10.3. The first kappa shape index (κ1) is 13.0. The van der Waals surface area contributed by atoms with E-state index < -0.39 is 0 Å². The van der Waals surface area contributed by atoms with E-state index in [4.69, 9.17) is 16.3 Å². The molecule has 0 unspecified atom stereocenters. The molecule has 0 bridgehead atoms. The van der Waals surface area contributed by atoms with Crippen LogP contribution in [-0.2, 0) is 19.5 Å². The zero-order valence-corrected chi connectivity index (χ0v) is 12.1. The van der Waals surface area contributed by atoms with Gasteiger partial charge in [-0.25, -0.2) is 4.98 Å². The van der Waals surface area contributed by atoms with Crippen molar-refractivity contribution in [3.8, 4) is 5.75 Å². The molecule has 104 valence electrons. The molecule has 2 heterocycles. The lowest BCUT2D eigenvalue weighted by Gasteiger charge is -2.06. The number of ether oxygens (including phenoxy) is 1. The molecule has 6 heteroatoms. The molecule has 1 aromatic carbocycles. The maximum absolute atomic E-state index is 6.01. The highest BCUT2D eigenvalue weighted by atomic mass is 35.5. The Kier molecular flexibility index (Phi) is 3.36. The number of halogens is 1. The topological polar surface area (TPSA) is 44.9 Å². The van der Waals surface area contributed by atoms with E-state index in [9.17, 15) is 0 Å². The summed E-state index contributed by atoms with van der Waals surface area (Å²) < 4.78 is 9.14. The number of rotatable bonds is 4. The van der Waals surface area contributed by atoms with Gasteiger partial charge in [-0.05, 0) is 18.2 Å². The molecule has 0 N–H and O–H groups in total. The predicted octanol–water partition coefficient (Wildman–Crippen LogP) is 2.57. The molecule has 0 saturated heterocycles. The Labute approximate surface area is 121 Å². The molecule has 3 aromatic rings. The molecule has 0 atom stereocenters. The van der Waals surface area contributed by atoms with Crippen LogP contribution in [0.4, 0.5) is 0 Å². The molecule has 0 aliphatic rings. The van der Waals surface area contributed by atoms with E-state index in [1.54, 1.807) is 11.8 Å². The Hall–Kier alpha value is -2.01. The first-order valence-electron chi connectivity index (χ1n) is 6.29. The number of fused-ring (bicyclic) bond motifs is 1. The van der Waals surface area contributed by atoms with Crippen molar-refractivity contribution in [1.29, 1.82) is 0 Å². The fourth-order valence-electron chi connectivity index (χ4n) is 2.27. The Morgan fingerprint density at radius 3 is 2.80 bits per heavy atom. The third-order valence-electron chi connectivity index (χ3n) is 3.24. The Bertz CT molecular complexity index is 747. The maximum Gasteiger partial charge on any atom is 0.125 e. The fraction of sp³-hybridized carbons (Fsp3) is 0.286. The van der Waals surface area contributed by atoms with Crippen molar-refractivity contribution >= 4 is 22.6 Å². The number of alkyl halides is 1. The van der Waals surface area contributed by atoms with Crippen molar-refractivity contribution in [1.82, 2.24) is 19.3 Å². The van der Waals surface area contributed by atoms with Crippen LogP contribution in [0, 0.1) is 0 Å². The summed E-state index contributed by atoms with van der Waals surface area (Å²) in [5, 5.41) is 4.40. The second kappa shape index (κ2) is 5.17. The number of aromatic nitrogens is 4. The number of hydrogen-bond donors (Lipinski definition) is 0. The summed E-state index contributed by atoms with van der Waals surface area (Å²) in [6, 6.07) is 7.81. The fourth-order valence-corrected chi connectivity index (χ4v) is 2.47. The maximum atomic E-state index is 6.01. The van der Waals surface area contributed by atoms with Crippen molar-refractivity contribution in [3.05, 3.63) is 42.0 Å². The number of nitrogens with zero attached hydrogens (tertiary/aromatic N) is 4. The van der Waals surface area contributed by atoms with Gasteiger partial charge in [0.25, 0.3) is 0 Å². The van der Waals surface area contributed by atoms with Gasteiger partial charge in [0.15, 0.2) is 0 Å². The molecule has 0 spiro atoms. The minimum Gasteiger partial charge on any atom is -0.497 e. The molecule has 3 rings (SSSR count). The second-order valence-electron chi connectivity index (χ2n) is 4.58. The van der Waals surface area contributed by atoms with Gasteiger partial charge in [0.2, 0.25) is 0 Å². The summed E-state index contributed by atoms with van der Waals surface area (Å²) in [5.74, 6) is 2.01. The van der Waals surface area contributed by atoms with Crippen LogP contribution in [0.25, 0.3) is 11.0 Å². The van der Waals surface area contributed by atoms with Crippen LogP contribution in [0.15, 0.2) is 30.5 Å². The van der Waals surface area contributed by atoms with Crippen molar-refractivity contribution < 1.29 is 4.74 Å². The van der Waals surface area contributed by atoms with Gasteiger partial charge < -0.3 is 9.30 Å². The van der Waals surface area contributed by atoms with Crippen molar-refractivity contribution in [3.63, 3.8) is 0 Å². The predicted molar refractivity (Wildman–Crippen MR) is 78.2 cm³/mol. The first-order chi connectivity index (χ1) is 9.71. The monoisotopic (exact) mass is 290 g/mol. The molecule has 0 amide bonds. The zero-order chi connectivity index (χ0) is 14.1. The van der Waals surface area contributed by atoms with Gasteiger partial charge in [-0.2, -0.15) is 5.10 Å². The van der Waals surface area contributed by atoms with Gasteiger partial charge >= 0.3 is 0 Å². The van der Waals surface area contributed by atoms with Crippen LogP contribution in [0.1, 0.15) is 11.5 Å². The summed E-state index contributed by atoms with van der Waals surface area (Å²) in [5.41, 5.74) is 2.89. The van der Waals surface area contributed by atoms with E-state index in [1.807, 2.05) is 37.5 Å². The number of benzene rings is 1. The Balaban J connectivity index is 2.10. The zero-order valence-electron chi connectivity index (χ0n) is 11.4. The van der Waals surface area contributed by atoms with Crippen molar-refractivity contribution in [2.75, 3.05) is 7.11 Å². The number of aryl methyl sites for hydroxylation is 1. The van der Waals surface area contributed by atoms with Crippen molar-refractivity contribution in [2.45, 2.75) is 12.4 Å². The van der Waals surface area contributed by atoms with Crippen LogP contribution in [0.3, 0.4) is 0 Å². The summed E-state index contributed by atoms with van der Waals surface area (Å²) in [7, 11) is 3.56. The highest BCUT2D eigenvalue weighted by molar-refractivity contribution is 6.16. The smallest absolute Gasteiger partial charge is 0.125 e. The van der Waals surface area contributed by atoms with Gasteiger partial charge in [-0.3, -0.25) is 4.68 Å². The molecule has 0 radical (unpaired) electrons. The van der Waals surface area contributed by atoms with Crippen LogP contribution < -0.4 is 4.74 Å². The number of methoxy groups -OCH3 is 1. The molecule has 0 aliphatic carbocycles. The van der Waals surface area contributed by atoms with E-state index in [2.05, 4.69) is 14.6 Å². The summed E-state index contributed by atoms with van der Waals surface area (Å²) in [4.78, 5) is 4.55. The van der Waals surface area contributed by atoms with Crippen LogP contribution in [0.5, 0.6) is 5.75 Å². The minimum absolute atomic E-state index is 0.365. The molecule has 0 fully saturated rings. The lowest BCUT2D eigenvalue weighted by Crippen LogP contribution is -2.05. The van der Waals surface area contributed by atoms with Crippen LogP contribution in [0.2, 0.25) is 0 Å². The summed E-state index contributed by atoms with van der Waals surface area (Å²) in [6.07, 6.45) is 1.93. The molecule has 0 aliphatic heterocycles. The molecule has 0 saturated carbocycles. The Morgan fingerprint density at radius 1 is 1.30 bits per heavy atom. The van der Waals surface area contributed by atoms with Gasteiger partial charge in [-0.1, -0.05) is 0 Å². The molecule has 5 nitrogen and oxygen atoms in total. The highest BCUT2D eigenvalue weighted by Gasteiger charge is 2.12. The highest BCUT2D eigenvalue weighted by Crippen LogP contribution is 2.23. The Morgan fingerprint density at radius 2 is 2.15 bits per heavy atom. The van der Waals surface area contributed by atoms with Gasteiger partial charge in [0.05, 0.1) is 36.3 Å².